The van der Waals surface area contributed by atoms with E-state index in [1.54, 1.807) is 0 Å². The van der Waals surface area contributed by atoms with E-state index < -0.39 is 0 Å². The van der Waals surface area contributed by atoms with Gasteiger partial charge in [0.05, 0.1) is 0 Å². The summed E-state index contributed by atoms with van der Waals surface area (Å²) in [5.41, 5.74) is 9.51. The fourth-order valence-corrected chi connectivity index (χ4v) is 4.69. The van der Waals surface area contributed by atoms with Crippen molar-refractivity contribution < 1.29 is 24.2 Å². The van der Waals surface area contributed by atoms with Gasteiger partial charge in [-0.15, -0.1) is 18.9 Å². The molecular weight excluding hydrogens is 500 g/mol. The van der Waals surface area contributed by atoms with E-state index in [0.717, 1.165) is 12.8 Å². The van der Waals surface area contributed by atoms with Crippen LogP contribution in [-0.2, 0) is 30.7 Å². The molecule has 0 atom stereocenters. The van der Waals surface area contributed by atoms with E-state index in [9.17, 15) is 0 Å². The molecule has 0 aliphatic heterocycles. The summed E-state index contributed by atoms with van der Waals surface area (Å²) in [6.07, 6.45) is 9.29. The predicted octanol–water partition coefficient (Wildman–Crippen LogP) is 8.46. The first-order valence-corrected chi connectivity index (χ1v) is 12.5. The van der Waals surface area contributed by atoms with Gasteiger partial charge in [-0.3, -0.25) is 6.08 Å². The van der Waals surface area contributed by atoms with Crippen LogP contribution in [0.15, 0.2) is 121 Å². The largest absolute Gasteiger partial charge is 0.179 e. The van der Waals surface area contributed by atoms with Gasteiger partial charge in [0, 0.05) is 0 Å². The number of hydrogen-bond acceptors (Lipinski definition) is 0. The van der Waals surface area contributed by atoms with E-state index in [0.29, 0.717) is 0 Å². The molecule has 0 aromatic heterocycles. The minimum absolute atomic E-state index is 0. The van der Waals surface area contributed by atoms with E-state index in [-0.39, 0.29) is 14.9 Å². The molecule has 0 spiro atoms. The summed E-state index contributed by atoms with van der Waals surface area (Å²) in [5.74, 6) is 0. The number of benzene rings is 4. The zero-order valence-electron chi connectivity index (χ0n) is 20.9. The summed E-state index contributed by atoms with van der Waals surface area (Å²) >= 11 is 1.46. The van der Waals surface area contributed by atoms with Crippen molar-refractivity contribution >= 4 is 3.21 Å². The molecule has 6 rings (SSSR count). The molecule has 1 heteroatoms. The number of fused-ring (bicyclic) bond motifs is 3. The minimum atomic E-state index is 0. The van der Waals surface area contributed by atoms with E-state index in [2.05, 4.69) is 122 Å². The number of hydrogen-bond donors (Lipinski definition) is 0. The molecular formula is C34H32Zr-4. The standard InChI is InChI=1S/C13H9.C13H10.C6H7.2CH3.Zr/c1-3-7-12-10(5-1)9-11-6-2-4-8-13(11)12;1-3-7-12(8-4-1)11-13-9-5-2-6-10-13;1-6-4-2-3-5-6;;;/h1-5,7-8H,9H2;1-10H;4-5H,2H2,1H3;2*1H3;/q-1;;3*-1;. The summed E-state index contributed by atoms with van der Waals surface area (Å²) in [6.45, 7) is 2.08. The second-order valence-electron chi connectivity index (χ2n) is 8.00. The van der Waals surface area contributed by atoms with E-state index in [1.165, 1.54) is 66.4 Å². The van der Waals surface area contributed by atoms with Crippen molar-refractivity contribution in [3.05, 3.63) is 170 Å². The van der Waals surface area contributed by atoms with Crippen LogP contribution in [-0.4, -0.2) is 3.21 Å². The van der Waals surface area contributed by atoms with Crippen LogP contribution < -0.4 is 0 Å². The average molecular weight is 532 g/mol. The number of allylic oxidation sites excluding steroid dienone is 4. The maximum Gasteiger partial charge on any atom is -0.0253 e. The summed E-state index contributed by atoms with van der Waals surface area (Å²) in [4.78, 5) is 0. The average Bonchev–Trinajstić information content (AvgIpc) is 3.52. The Balaban J connectivity index is 0.000000192. The Labute approximate surface area is 227 Å². The first kappa shape index (κ1) is 28.4. The zero-order valence-corrected chi connectivity index (χ0v) is 23.3. The SMILES string of the molecule is CC1=CC[C-]=C1.[CH3-].[CH3-].[Zr]=[C](c1ccccc1)c1ccccc1.[c-]1cccc2c1Cc1ccccc1-2. The van der Waals surface area contributed by atoms with E-state index >= 15 is 0 Å². The number of rotatable bonds is 2. The molecule has 0 amide bonds. The molecule has 0 fully saturated rings. The Bertz CT molecular complexity index is 1180. The summed E-state index contributed by atoms with van der Waals surface area (Å²) < 4.78 is 1.42. The van der Waals surface area contributed by atoms with E-state index in [1.807, 2.05) is 12.1 Å². The van der Waals surface area contributed by atoms with Gasteiger partial charge in [-0.1, -0.05) is 35.4 Å². The van der Waals surface area contributed by atoms with Crippen LogP contribution in [0.5, 0.6) is 0 Å². The van der Waals surface area contributed by atoms with Crippen molar-refractivity contribution in [3.63, 3.8) is 0 Å². The first-order valence-electron chi connectivity index (χ1n) is 11.2. The van der Waals surface area contributed by atoms with Crippen molar-refractivity contribution in [2.45, 2.75) is 19.8 Å². The third kappa shape index (κ3) is 7.81. The van der Waals surface area contributed by atoms with Gasteiger partial charge in [0.25, 0.3) is 0 Å². The molecule has 4 aromatic rings. The fraction of sp³-hybridized carbons (Fsp3) is 0.0882. The fourth-order valence-electron chi connectivity index (χ4n) is 3.87. The Morgan fingerprint density at radius 1 is 0.714 bits per heavy atom. The van der Waals surface area contributed by atoms with Crippen LogP contribution in [0.1, 0.15) is 35.6 Å². The van der Waals surface area contributed by atoms with Gasteiger partial charge in [0.15, 0.2) is 0 Å². The quantitative estimate of drug-likeness (QED) is 0.200. The molecule has 2 aliphatic rings. The second-order valence-corrected chi connectivity index (χ2v) is 9.23. The molecule has 0 bridgehead atoms. The van der Waals surface area contributed by atoms with Crippen molar-refractivity contribution in [2.24, 2.45) is 0 Å². The molecule has 0 N–H and O–H groups in total. The molecule has 0 unspecified atom stereocenters. The van der Waals surface area contributed by atoms with Crippen LogP contribution >= 0.6 is 0 Å². The van der Waals surface area contributed by atoms with Crippen molar-refractivity contribution in [1.82, 2.24) is 0 Å². The molecule has 0 radical (unpaired) electrons. The first-order chi connectivity index (χ1) is 16.2. The normalized spacial score (nSPS) is 11.6. The summed E-state index contributed by atoms with van der Waals surface area (Å²) in [7, 11) is 0. The van der Waals surface area contributed by atoms with Gasteiger partial charge >= 0.3 is 99.2 Å². The Kier molecular flexibility index (Phi) is 11.7. The predicted molar refractivity (Wildman–Crippen MR) is 149 cm³/mol. The molecule has 0 heterocycles. The smallest absolute Gasteiger partial charge is 0.0253 e. The maximum absolute atomic E-state index is 3.30. The Morgan fingerprint density at radius 2 is 1.29 bits per heavy atom. The van der Waals surface area contributed by atoms with Crippen LogP contribution in [0.4, 0.5) is 0 Å². The van der Waals surface area contributed by atoms with Gasteiger partial charge in [0.1, 0.15) is 0 Å². The third-order valence-electron chi connectivity index (χ3n) is 5.61. The third-order valence-corrected chi connectivity index (χ3v) is 7.03. The summed E-state index contributed by atoms with van der Waals surface area (Å²) in [5, 5.41) is 0. The monoisotopic (exact) mass is 530 g/mol. The van der Waals surface area contributed by atoms with Crippen LogP contribution in [0.3, 0.4) is 0 Å². The van der Waals surface area contributed by atoms with Gasteiger partial charge < -0.3 is 14.9 Å². The van der Waals surface area contributed by atoms with Gasteiger partial charge in [0.2, 0.25) is 0 Å². The van der Waals surface area contributed by atoms with Gasteiger partial charge in [-0.2, -0.15) is 35.9 Å². The van der Waals surface area contributed by atoms with Crippen molar-refractivity contribution in [2.75, 3.05) is 0 Å². The second kappa shape index (κ2) is 14.5. The minimum Gasteiger partial charge on any atom is -0.179 e. The van der Waals surface area contributed by atoms with Gasteiger partial charge in [-0.05, 0) is 6.42 Å². The molecule has 4 aromatic carbocycles. The molecule has 0 nitrogen and oxygen atoms in total. The van der Waals surface area contributed by atoms with Crippen molar-refractivity contribution in [1.29, 1.82) is 0 Å². The summed E-state index contributed by atoms with van der Waals surface area (Å²) in [6, 6.07) is 39.2. The zero-order chi connectivity index (χ0) is 22.9. The molecule has 35 heavy (non-hydrogen) atoms. The molecule has 176 valence electrons. The Hall–Kier alpha value is -2.89. The van der Waals surface area contributed by atoms with E-state index in [4.69, 9.17) is 0 Å². The Morgan fingerprint density at radius 3 is 1.83 bits per heavy atom. The molecule has 0 saturated heterocycles. The van der Waals surface area contributed by atoms with Crippen LogP contribution in [0.25, 0.3) is 11.1 Å². The maximum atomic E-state index is 3.30. The topological polar surface area (TPSA) is 0 Å². The molecule has 0 saturated carbocycles. The van der Waals surface area contributed by atoms with Gasteiger partial charge in [-0.25, -0.2) is 11.6 Å². The van der Waals surface area contributed by atoms with Crippen LogP contribution in [0.2, 0.25) is 0 Å². The van der Waals surface area contributed by atoms with Crippen molar-refractivity contribution in [3.8, 4) is 11.1 Å². The van der Waals surface area contributed by atoms with Crippen LogP contribution in [0, 0.1) is 27.0 Å². The molecule has 2 aliphatic carbocycles.